The zero-order valence-corrected chi connectivity index (χ0v) is 26.8. The lowest BCUT2D eigenvalue weighted by Gasteiger charge is -2.17. The summed E-state index contributed by atoms with van der Waals surface area (Å²) < 4.78 is 11.4. The van der Waals surface area contributed by atoms with Crippen molar-refractivity contribution in [3.05, 3.63) is 158 Å². The highest BCUT2D eigenvalue weighted by Crippen LogP contribution is 2.39. The van der Waals surface area contributed by atoms with Crippen LogP contribution >= 0.6 is 0 Å². The number of hydrogen-bond donors (Lipinski definition) is 0. The van der Waals surface area contributed by atoms with Crippen LogP contribution in [0.3, 0.4) is 0 Å². The molecule has 5 heteroatoms. The molecule has 0 aliphatic heterocycles. The van der Waals surface area contributed by atoms with Gasteiger partial charge in [0, 0.05) is 16.7 Å². The van der Waals surface area contributed by atoms with Gasteiger partial charge < -0.3 is 9.47 Å². The predicted octanol–water partition coefficient (Wildman–Crippen LogP) is 10.5. The molecule has 7 aromatic rings. The van der Waals surface area contributed by atoms with Crippen molar-refractivity contribution in [3.63, 3.8) is 0 Å². The molecule has 0 bridgehead atoms. The highest BCUT2D eigenvalue weighted by molar-refractivity contribution is 5.88. The molecule has 0 aliphatic carbocycles. The van der Waals surface area contributed by atoms with Gasteiger partial charge in [-0.25, -0.2) is 15.0 Å². The Hall–Kier alpha value is -6.33. The summed E-state index contributed by atoms with van der Waals surface area (Å²) in [5, 5.41) is 0. The number of rotatable bonds is 9. The first-order valence-corrected chi connectivity index (χ1v) is 15.7. The van der Waals surface area contributed by atoms with Gasteiger partial charge in [0.15, 0.2) is 17.5 Å². The highest BCUT2D eigenvalue weighted by Gasteiger charge is 2.21. The summed E-state index contributed by atoms with van der Waals surface area (Å²) in [6.07, 6.45) is 1.84. The first-order chi connectivity index (χ1) is 23.6. The van der Waals surface area contributed by atoms with Crippen LogP contribution in [0.2, 0.25) is 0 Å². The van der Waals surface area contributed by atoms with E-state index in [9.17, 15) is 0 Å². The number of ether oxygens (including phenoxy) is 2. The molecule has 232 valence electrons. The van der Waals surface area contributed by atoms with Crippen LogP contribution in [0.25, 0.3) is 73.6 Å². The minimum atomic E-state index is 0.526. The zero-order chi connectivity index (χ0) is 32.9. The van der Waals surface area contributed by atoms with Gasteiger partial charge in [-0.15, -0.1) is 0 Å². The van der Waals surface area contributed by atoms with Gasteiger partial charge in [0.1, 0.15) is 11.5 Å². The van der Waals surface area contributed by atoms with Gasteiger partial charge in [0.05, 0.1) is 14.2 Å². The minimum absolute atomic E-state index is 0.526. The molecule has 0 spiro atoms. The number of benzene rings is 6. The standard InChI is InChI=1S/C43H33N3O2/c1-4-29-20-23-35(30-14-8-5-9-15-30)38(26-29)41-44-42(39-27-33(47-2)21-24-36(39)31-16-10-6-11-17-31)46-43(45-41)40-28-34(48-3)22-25-37(40)32-18-12-7-13-19-32/h4-28H,1H2,2-3H3. The highest BCUT2D eigenvalue weighted by atomic mass is 16.5. The van der Waals surface area contributed by atoms with Gasteiger partial charge in [0.25, 0.3) is 0 Å². The second-order valence-electron chi connectivity index (χ2n) is 11.2. The van der Waals surface area contributed by atoms with E-state index in [2.05, 4.69) is 73.3 Å². The fraction of sp³-hybridized carbons (Fsp3) is 0.0465. The van der Waals surface area contributed by atoms with E-state index in [1.807, 2.05) is 84.9 Å². The SMILES string of the molecule is C=Cc1ccc(-c2ccccc2)c(-c2nc(-c3cc(OC)ccc3-c3ccccc3)nc(-c3cc(OC)ccc3-c3ccccc3)n2)c1. The summed E-state index contributed by atoms with van der Waals surface area (Å²) >= 11 is 0. The third kappa shape index (κ3) is 6.09. The van der Waals surface area contributed by atoms with Gasteiger partial charge in [-0.2, -0.15) is 0 Å². The Labute approximate surface area is 280 Å². The first kappa shape index (κ1) is 30.3. The summed E-state index contributed by atoms with van der Waals surface area (Å²) in [6.45, 7) is 4.05. The van der Waals surface area contributed by atoms with Crippen LogP contribution in [0, 0.1) is 0 Å². The second-order valence-corrected chi connectivity index (χ2v) is 11.2. The van der Waals surface area contributed by atoms with Crippen molar-refractivity contribution in [2.45, 2.75) is 0 Å². The molecule has 6 aromatic carbocycles. The fourth-order valence-corrected chi connectivity index (χ4v) is 5.89. The molecule has 5 nitrogen and oxygen atoms in total. The van der Waals surface area contributed by atoms with Gasteiger partial charge in [-0.05, 0) is 81.4 Å². The molecule has 1 heterocycles. The Morgan fingerprint density at radius 3 is 1.12 bits per heavy atom. The van der Waals surface area contributed by atoms with Gasteiger partial charge in [-0.1, -0.05) is 116 Å². The molecule has 0 atom stereocenters. The lowest BCUT2D eigenvalue weighted by atomic mass is 9.95. The third-order valence-electron chi connectivity index (χ3n) is 8.35. The molecular weight excluding hydrogens is 590 g/mol. The normalized spacial score (nSPS) is 10.8. The van der Waals surface area contributed by atoms with E-state index in [0.29, 0.717) is 29.0 Å². The zero-order valence-electron chi connectivity index (χ0n) is 26.8. The summed E-state index contributed by atoms with van der Waals surface area (Å²) in [7, 11) is 3.34. The maximum atomic E-state index is 5.71. The topological polar surface area (TPSA) is 57.1 Å². The summed E-state index contributed by atoms with van der Waals surface area (Å²) in [4.78, 5) is 15.7. The third-order valence-corrected chi connectivity index (χ3v) is 8.35. The molecule has 0 aliphatic rings. The summed E-state index contributed by atoms with van der Waals surface area (Å²) in [5.41, 5.74) is 9.62. The number of hydrogen-bond acceptors (Lipinski definition) is 5. The van der Waals surface area contributed by atoms with E-state index in [1.54, 1.807) is 14.2 Å². The van der Waals surface area contributed by atoms with E-state index in [0.717, 1.165) is 55.6 Å². The Morgan fingerprint density at radius 1 is 0.417 bits per heavy atom. The molecule has 48 heavy (non-hydrogen) atoms. The summed E-state index contributed by atoms with van der Waals surface area (Å²) in [5.74, 6) is 3.01. The average molecular weight is 624 g/mol. The maximum absolute atomic E-state index is 5.71. The van der Waals surface area contributed by atoms with E-state index in [4.69, 9.17) is 24.4 Å². The average Bonchev–Trinajstić information content (AvgIpc) is 3.18. The predicted molar refractivity (Wildman–Crippen MR) is 196 cm³/mol. The van der Waals surface area contributed by atoms with Gasteiger partial charge in [-0.3, -0.25) is 0 Å². The van der Waals surface area contributed by atoms with Crippen LogP contribution in [-0.2, 0) is 0 Å². The quantitative estimate of drug-likeness (QED) is 0.160. The molecule has 0 saturated heterocycles. The first-order valence-electron chi connectivity index (χ1n) is 15.7. The van der Waals surface area contributed by atoms with E-state index >= 15 is 0 Å². The summed E-state index contributed by atoms with van der Waals surface area (Å²) in [6, 6.07) is 49.1. The largest absolute Gasteiger partial charge is 0.497 e. The molecule has 0 saturated carbocycles. The van der Waals surface area contributed by atoms with Crippen LogP contribution < -0.4 is 9.47 Å². The van der Waals surface area contributed by atoms with Crippen LogP contribution in [0.15, 0.2) is 152 Å². The van der Waals surface area contributed by atoms with Crippen molar-refractivity contribution in [3.8, 4) is 79.0 Å². The van der Waals surface area contributed by atoms with Crippen molar-refractivity contribution in [1.82, 2.24) is 15.0 Å². The van der Waals surface area contributed by atoms with E-state index in [1.165, 1.54) is 0 Å². The molecular formula is C43H33N3O2. The second kappa shape index (κ2) is 13.6. The van der Waals surface area contributed by atoms with Gasteiger partial charge >= 0.3 is 0 Å². The fourth-order valence-electron chi connectivity index (χ4n) is 5.89. The van der Waals surface area contributed by atoms with Gasteiger partial charge in [0.2, 0.25) is 0 Å². The molecule has 0 fully saturated rings. The Bertz CT molecular complexity index is 2110. The molecule has 0 radical (unpaired) electrons. The van der Waals surface area contributed by atoms with Crippen LogP contribution in [0.1, 0.15) is 5.56 Å². The Morgan fingerprint density at radius 2 is 0.771 bits per heavy atom. The lowest BCUT2D eigenvalue weighted by molar-refractivity contribution is 0.415. The maximum Gasteiger partial charge on any atom is 0.164 e. The van der Waals surface area contributed by atoms with E-state index in [-0.39, 0.29) is 0 Å². The minimum Gasteiger partial charge on any atom is -0.497 e. The van der Waals surface area contributed by atoms with Crippen molar-refractivity contribution in [2.24, 2.45) is 0 Å². The molecule has 1 aromatic heterocycles. The van der Waals surface area contributed by atoms with Crippen LogP contribution in [0.5, 0.6) is 11.5 Å². The van der Waals surface area contributed by atoms with Crippen molar-refractivity contribution < 1.29 is 9.47 Å². The number of methoxy groups -OCH3 is 2. The van der Waals surface area contributed by atoms with E-state index < -0.39 is 0 Å². The molecule has 0 unspecified atom stereocenters. The van der Waals surface area contributed by atoms with Crippen molar-refractivity contribution in [1.29, 1.82) is 0 Å². The molecule has 7 rings (SSSR count). The number of nitrogens with zero attached hydrogens (tertiary/aromatic N) is 3. The van der Waals surface area contributed by atoms with Crippen LogP contribution in [-0.4, -0.2) is 29.2 Å². The van der Waals surface area contributed by atoms with Crippen LogP contribution in [0.4, 0.5) is 0 Å². The van der Waals surface area contributed by atoms with Crippen molar-refractivity contribution in [2.75, 3.05) is 14.2 Å². The lowest BCUT2D eigenvalue weighted by Crippen LogP contribution is -2.03. The molecule has 0 amide bonds. The monoisotopic (exact) mass is 623 g/mol. The smallest absolute Gasteiger partial charge is 0.164 e. The molecule has 0 N–H and O–H groups in total. The Balaban J connectivity index is 1.56. The van der Waals surface area contributed by atoms with Crippen molar-refractivity contribution >= 4 is 6.08 Å². The Kier molecular flexibility index (Phi) is 8.58. The number of aromatic nitrogens is 3.